The van der Waals surface area contributed by atoms with Crippen molar-refractivity contribution in [3.8, 4) is 0 Å². The molecule has 2 aliphatic rings. The molecular weight excluding hydrogens is 175 g/mol. The summed E-state index contributed by atoms with van der Waals surface area (Å²) in [5.41, 5.74) is 1.50. The second kappa shape index (κ2) is 2.09. The van der Waals surface area contributed by atoms with Crippen LogP contribution in [0.5, 0.6) is 0 Å². The Kier molecular flexibility index (Phi) is 1.25. The summed E-state index contributed by atoms with van der Waals surface area (Å²) in [5, 5.41) is 0. The topological polar surface area (TPSA) is 0 Å². The van der Waals surface area contributed by atoms with Crippen molar-refractivity contribution >= 4 is 19.4 Å². The average molecular weight is 182 g/mol. The molecule has 1 aliphatic carbocycles. The zero-order valence-corrected chi connectivity index (χ0v) is 6.66. The standard InChI is InChI=1S/C8H7Se/c1-2-4-8-7(3-1)5-6-9-8/h1-6,8H/q+1. The molecule has 0 spiro atoms. The summed E-state index contributed by atoms with van der Waals surface area (Å²) in [7, 11) is 0. The molecule has 0 aromatic rings. The van der Waals surface area contributed by atoms with Crippen LogP contribution in [0.3, 0.4) is 0 Å². The van der Waals surface area contributed by atoms with E-state index in [1.807, 2.05) is 0 Å². The summed E-state index contributed by atoms with van der Waals surface area (Å²) in [6.45, 7) is 0. The van der Waals surface area contributed by atoms with Gasteiger partial charge in [-0.05, 0) is 0 Å². The Balaban J connectivity index is 2.40. The van der Waals surface area contributed by atoms with Gasteiger partial charge in [0.2, 0.25) is 0 Å². The number of fused-ring (bicyclic) bond motifs is 1. The van der Waals surface area contributed by atoms with Crippen LogP contribution < -0.4 is 0 Å². The third kappa shape index (κ3) is 0.868. The maximum atomic E-state index is 2.30. The molecule has 1 heterocycles. The molecule has 9 heavy (non-hydrogen) atoms. The van der Waals surface area contributed by atoms with Crippen LogP contribution in [0.2, 0.25) is 4.82 Å². The van der Waals surface area contributed by atoms with E-state index in [2.05, 4.69) is 35.3 Å². The molecule has 0 radical (unpaired) electrons. The summed E-state index contributed by atoms with van der Waals surface area (Å²) in [6.07, 6.45) is 11.0. The van der Waals surface area contributed by atoms with Gasteiger partial charge in [0.25, 0.3) is 0 Å². The van der Waals surface area contributed by atoms with Crippen molar-refractivity contribution in [3.63, 3.8) is 0 Å². The quantitative estimate of drug-likeness (QED) is 0.496. The van der Waals surface area contributed by atoms with Gasteiger partial charge in [-0.1, -0.05) is 0 Å². The normalized spacial score (nSPS) is 28.4. The van der Waals surface area contributed by atoms with Gasteiger partial charge in [-0.2, -0.15) is 0 Å². The SMILES string of the molecule is C1=CC2=CC=[Se+]C2C=C1. The maximum absolute atomic E-state index is 2.30. The van der Waals surface area contributed by atoms with Gasteiger partial charge >= 0.3 is 60.2 Å². The van der Waals surface area contributed by atoms with E-state index in [9.17, 15) is 0 Å². The van der Waals surface area contributed by atoms with Crippen molar-refractivity contribution in [3.05, 3.63) is 36.0 Å². The van der Waals surface area contributed by atoms with Gasteiger partial charge in [0.15, 0.2) is 0 Å². The number of hydrogen-bond acceptors (Lipinski definition) is 0. The number of hydrogen-bond donors (Lipinski definition) is 0. The van der Waals surface area contributed by atoms with Gasteiger partial charge in [0.1, 0.15) is 0 Å². The fraction of sp³-hybridized carbons (Fsp3) is 0.125. The first-order valence-electron chi connectivity index (χ1n) is 3.00. The Morgan fingerprint density at radius 3 is 3.22 bits per heavy atom. The van der Waals surface area contributed by atoms with Gasteiger partial charge in [0, 0.05) is 0 Å². The van der Waals surface area contributed by atoms with E-state index in [0.29, 0.717) is 14.5 Å². The van der Waals surface area contributed by atoms with Crippen LogP contribution in [-0.4, -0.2) is 19.4 Å². The van der Waals surface area contributed by atoms with Crippen LogP contribution >= 0.6 is 0 Å². The minimum absolute atomic E-state index is 0.705. The van der Waals surface area contributed by atoms with Crippen LogP contribution in [0, 0.1) is 0 Å². The van der Waals surface area contributed by atoms with E-state index in [1.54, 1.807) is 0 Å². The van der Waals surface area contributed by atoms with Crippen LogP contribution in [0.15, 0.2) is 36.0 Å². The van der Waals surface area contributed by atoms with Gasteiger partial charge in [-0.15, -0.1) is 0 Å². The molecule has 0 aromatic carbocycles. The summed E-state index contributed by atoms with van der Waals surface area (Å²) < 4.78 is 0. The molecular formula is C8H7Se+. The summed E-state index contributed by atoms with van der Waals surface area (Å²) in [6, 6.07) is 0. The molecule has 44 valence electrons. The predicted molar refractivity (Wildman–Crippen MR) is 41.9 cm³/mol. The van der Waals surface area contributed by atoms with Crippen LogP contribution in [0.1, 0.15) is 0 Å². The molecule has 0 bridgehead atoms. The molecule has 0 amide bonds. The monoisotopic (exact) mass is 183 g/mol. The van der Waals surface area contributed by atoms with Crippen molar-refractivity contribution in [1.82, 2.24) is 0 Å². The van der Waals surface area contributed by atoms with Gasteiger partial charge in [-0.3, -0.25) is 0 Å². The average Bonchev–Trinajstić information content (AvgIpc) is 2.33. The van der Waals surface area contributed by atoms with Gasteiger partial charge < -0.3 is 0 Å². The Morgan fingerprint density at radius 1 is 1.33 bits per heavy atom. The Bertz CT molecular complexity index is 231. The molecule has 1 unspecified atom stereocenters. The van der Waals surface area contributed by atoms with Crippen molar-refractivity contribution in [2.75, 3.05) is 0 Å². The number of allylic oxidation sites excluding steroid dienone is 6. The van der Waals surface area contributed by atoms with Crippen molar-refractivity contribution in [2.24, 2.45) is 0 Å². The molecule has 0 saturated heterocycles. The zero-order chi connectivity index (χ0) is 6.10. The van der Waals surface area contributed by atoms with Crippen LogP contribution in [0.25, 0.3) is 0 Å². The van der Waals surface area contributed by atoms with E-state index in [4.69, 9.17) is 0 Å². The van der Waals surface area contributed by atoms with Crippen LogP contribution in [0.4, 0.5) is 0 Å². The molecule has 0 fully saturated rings. The van der Waals surface area contributed by atoms with Gasteiger partial charge in [-0.25, -0.2) is 0 Å². The molecule has 2 rings (SSSR count). The van der Waals surface area contributed by atoms with E-state index >= 15 is 0 Å². The Hall–Kier alpha value is -0.391. The van der Waals surface area contributed by atoms with E-state index in [1.165, 1.54) is 5.57 Å². The summed E-state index contributed by atoms with van der Waals surface area (Å²) >= 11 is 0.705. The van der Waals surface area contributed by atoms with Crippen molar-refractivity contribution < 1.29 is 0 Å². The summed E-state index contributed by atoms with van der Waals surface area (Å²) in [5.74, 6) is 0. The Labute approximate surface area is 60.7 Å². The molecule has 1 atom stereocenters. The molecule has 1 aliphatic heterocycles. The second-order valence-corrected chi connectivity index (χ2v) is 4.31. The molecule has 0 nitrogen and oxygen atoms in total. The molecule has 0 saturated carbocycles. The first-order chi connectivity index (χ1) is 4.47. The predicted octanol–water partition coefficient (Wildman–Crippen LogP) is 1.35. The minimum atomic E-state index is 0.705. The molecule has 0 aromatic heterocycles. The van der Waals surface area contributed by atoms with Crippen molar-refractivity contribution in [1.29, 1.82) is 0 Å². The van der Waals surface area contributed by atoms with Crippen LogP contribution in [-0.2, 0) is 0 Å². The zero-order valence-electron chi connectivity index (χ0n) is 4.95. The molecule has 1 heteroatoms. The fourth-order valence-corrected chi connectivity index (χ4v) is 2.90. The van der Waals surface area contributed by atoms with Crippen molar-refractivity contribution in [2.45, 2.75) is 4.82 Å². The first-order valence-corrected chi connectivity index (χ1v) is 4.98. The first kappa shape index (κ1) is 5.40. The van der Waals surface area contributed by atoms with E-state index in [-0.39, 0.29) is 0 Å². The molecule has 0 N–H and O–H groups in total. The third-order valence-electron chi connectivity index (χ3n) is 1.50. The summed E-state index contributed by atoms with van der Waals surface area (Å²) in [4.78, 5) is 3.06. The second-order valence-electron chi connectivity index (χ2n) is 2.10. The third-order valence-corrected chi connectivity index (χ3v) is 3.63. The van der Waals surface area contributed by atoms with E-state index in [0.717, 1.165) is 4.82 Å². The van der Waals surface area contributed by atoms with Gasteiger partial charge in [0.05, 0.1) is 0 Å². The number of rotatable bonds is 0. The Morgan fingerprint density at radius 2 is 2.33 bits per heavy atom. The fourth-order valence-electron chi connectivity index (χ4n) is 1.01. The van der Waals surface area contributed by atoms with E-state index < -0.39 is 0 Å².